The van der Waals surface area contributed by atoms with Gasteiger partial charge in [0.1, 0.15) is 0 Å². The molecule has 1 saturated carbocycles. The number of likely N-dealkylation sites (tertiary alicyclic amines) is 1. The Hall–Kier alpha value is -1.00. The summed E-state index contributed by atoms with van der Waals surface area (Å²) in [6.45, 7) is 3.10. The van der Waals surface area contributed by atoms with Crippen LogP contribution >= 0.6 is 0 Å². The third kappa shape index (κ3) is 3.55. The Morgan fingerprint density at radius 3 is 2.30 bits per heavy atom. The molecule has 1 saturated heterocycles. The molecule has 1 aliphatic carbocycles. The lowest BCUT2D eigenvalue weighted by Crippen LogP contribution is -2.54. The van der Waals surface area contributed by atoms with Crippen molar-refractivity contribution in [2.45, 2.75) is 50.2 Å². The summed E-state index contributed by atoms with van der Waals surface area (Å²) < 4.78 is 25.6. The monoisotopic (exact) mass is 280 g/mol. The third-order valence-electron chi connectivity index (χ3n) is 4.40. The van der Waals surface area contributed by atoms with Crippen LogP contribution in [0.4, 0.5) is 8.78 Å². The summed E-state index contributed by atoms with van der Waals surface area (Å²) in [5.41, 5.74) is 1.34. The van der Waals surface area contributed by atoms with Crippen LogP contribution in [0.25, 0.3) is 0 Å². The van der Waals surface area contributed by atoms with Gasteiger partial charge in [-0.25, -0.2) is 8.78 Å². The van der Waals surface area contributed by atoms with Crippen molar-refractivity contribution in [2.24, 2.45) is 0 Å². The second-order valence-corrected chi connectivity index (χ2v) is 6.16. The number of rotatable bonds is 4. The minimum Gasteiger partial charge on any atom is -0.311 e. The minimum absolute atomic E-state index is 0.0250. The van der Waals surface area contributed by atoms with E-state index in [2.05, 4.69) is 34.5 Å². The quantitative estimate of drug-likeness (QED) is 0.912. The average molecular weight is 280 g/mol. The Labute approximate surface area is 119 Å². The number of nitrogens with zero attached hydrogens (tertiary/aromatic N) is 1. The van der Waals surface area contributed by atoms with E-state index < -0.39 is 5.92 Å². The number of alkyl halides is 2. The maximum absolute atomic E-state index is 12.8. The molecule has 0 bridgehead atoms. The van der Waals surface area contributed by atoms with Gasteiger partial charge in [-0.05, 0) is 31.5 Å². The van der Waals surface area contributed by atoms with E-state index >= 15 is 0 Å². The summed E-state index contributed by atoms with van der Waals surface area (Å²) >= 11 is 0. The Morgan fingerprint density at radius 2 is 1.70 bits per heavy atom. The van der Waals surface area contributed by atoms with Crippen molar-refractivity contribution < 1.29 is 8.78 Å². The lowest BCUT2D eigenvalue weighted by Gasteiger charge is -2.40. The first-order chi connectivity index (χ1) is 9.61. The molecule has 2 aliphatic rings. The van der Waals surface area contributed by atoms with E-state index in [1.807, 2.05) is 6.07 Å². The molecule has 0 aromatic heterocycles. The van der Waals surface area contributed by atoms with Crippen molar-refractivity contribution in [1.82, 2.24) is 10.2 Å². The van der Waals surface area contributed by atoms with Crippen LogP contribution in [-0.4, -0.2) is 36.0 Å². The van der Waals surface area contributed by atoms with Crippen LogP contribution < -0.4 is 5.32 Å². The summed E-state index contributed by atoms with van der Waals surface area (Å²) in [4.78, 5) is 2.45. The molecular weight excluding hydrogens is 258 g/mol. The third-order valence-corrected chi connectivity index (χ3v) is 4.40. The fourth-order valence-electron chi connectivity index (χ4n) is 3.21. The SMILES string of the molecule is FC1(F)CC(NC2CCN(Cc3ccccc3)CC2)C1. The van der Waals surface area contributed by atoms with Gasteiger partial charge in [0.05, 0.1) is 0 Å². The van der Waals surface area contributed by atoms with E-state index in [1.54, 1.807) is 0 Å². The van der Waals surface area contributed by atoms with Crippen molar-refractivity contribution in [1.29, 1.82) is 0 Å². The van der Waals surface area contributed by atoms with E-state index in [0.717, 1.165) is 32.5 Å². The summed E-state index contributed by atoms with van der Waals surface area (Å²) in [5, 5.41) is 3.39. The standard InChI is InChI=1S/C16H22F2N2/c17-16(18)10-15(11-16)19-14-6-8-20(9-7-14)12-13-4-2-1-3-5-13/h1-5,14-15,19H,6-12H2. The number of hydrogen-bond donors (Lipinski definition) is 1. The van der Waals surface area contributed by atoms with Gasteiger partial charge in [-0.3, -0.25) is 4.90 Å². The largest absolute Gasteiger partial charge is 0.311 e. The molecule has 0 radical (unpaired) electrons. The molecule has 4 heteroatoms. The second kappa shape index (κ2) is 5.78. The molecule has 0 atom stereocenters. The molecule has 0 unspecified atom stereocenters. The van der Waals surface area contributed by atoms with Crippen LogP contribution in [0.1, 0.15) is 31.2 Å². The van der Waals surface area contributed by atoms with Gasteiger partial charge in [0, 0.05) is 31.5 Å². The summed E-state index contributed by atoms with van der Waals surface area (Å²) in [7, 11) is 0. The van der Waals surface area contributed by atoms with Crippen molar-refractivity contribution in [3.05, 3.63) is 35.9 Å². The van der Waals surface area contributed by atoms with Crippen molar-refractivity contribution in [3.63, 3.8) is 0 Å². The first-order valence-corrected chi connectivity index (χ1v) is 7.51. The molecule has 2 nitrogen and oxygen atoms in total. The van der Waals surface area contributed by atoms with E-state index in [-0.39, 0.29) is 18.9 Å². The van der Waals surface area contributed by atoms with Crippen LogP contribution in [0.5, 0.6) is 0 Å². The van der Waals surface area contributed by atoms with Crippen LogP contribution in [0.15, 0.2) is 30.3 Å². The molecule has 0 amide bonds. The lowest BCUT2D eigenvalue weighted by molar-refractivity contribution is -0.0958. The van der Waals surface area contributed by atoms with Crippen molar-refractivity contribution in [3.8, 4) is 0 Å². The zero-order chi connectivity index (χ0) is 14.0. The predicted octanol–water partition coefficient (Wildman–Crippen LogP) is 3.04. The van der Waals surface area contributed by atoms with Gasteiger partial charge in [-0.15, -0.1) is 0 Å². The number of nitrogens with one attached hydrogen (secondary N) is 1. The molecule has 1 aromatic rings. The number of piperidine rings is 1. The Balaban J connectivity index is 1.39. The normalized spacial score (nSPS) is 24.5. The summed E-state index contributed by atoms with van der Waals surface area (Å²) in [5.74, 6) is -2.41. The zero-order valence-electron chi connectivity index (χ0n) is 11.7. The molecule has 1 heterocycles. The van der Waals surface area contributed by atoms with E-state index in [9.17, 15) is 8.78 Å². The van der Waals surface area contributed by atoms with Gasteiger partial charge in [-0.2, -0.15) is 0 Å². The van der Waals surface area contributed by atoms with Gasteiger partial charge in [0.25, 0.3) is 5.92 Å². The molecular formula is C16H22F2N2. The topological polar surface area (TPSA) is 15.3 Å². The number of benzene rings is 1. The van der Waals surface area contributed by atoms with E-state index in [1.165, 1.54) is 5.56 Å². The average Bonchev–Trinajstić information content (AvgIpc) is 2.40. The van der Waals surface area contributed by atoms with Crippen LogP contribution in [0, 0.1) is 0 Å². The Kier molecular flexibility index (Phi) is 4.03. The first-order valence-electron chi connectivity index (χ1n) is 7.51. The maximum atomic E-state index is 12.8. The predicted molar refractivity (Wildman–Crippen MR) is 75.8 cm³/mol. The fraction of sp³-hybridized carbons (Fsp3) is 0.625. The van der Waals surface area contributed by atoms with Gasteiger partial charge in [-0.1, -0.05) is 30.3 Å². The molecule has 1 aromatic carbocycles. The fourth-order valence-corrected chi connectivity index (χ4v) is 3.21. The van der Waals surface area contributed by atoms with Gasteiger partial charge in [0.2, 0.25) is 0 Å². The Bertz CT molecular complexity index is 419. The highest BCUT2D eigenvalue weighted by atomic mass is 19.3. The molecule has 20 heavy (non-hydrogen) atoms. The van der Waals surface area contributed by atoms with Crippen molar-refractivity contribution >= 4 is 0 Å². The highest BCUT2D eigenvalue weighted by molar-refractivity contribution is 5.14. The molecule has 1 aliphatic heterocycles. The Morgan fingerprint density at radius 1 is 1.05 bits per heavy atom. The van der Waals surface area contributed by atoms with Gasteiger partial charge >= 0.3 is 0 Å². The minimum atomic E-state index is -2.41. The highest BCUT2D eigenvalue weighted by Gasteiger charge is 2.45. The summed E-state index contributed by atoms with van der Waals surface area (Å²) in [6.07, 6.45) is 2.18. The highest BCUT2D eigenvalue weighted by Crippen LogP contribution is 2.37. The van der Waals surface area contributed by atoms with E-state index in [4.69, 9.17) is 0 Å². The second-order valence-electron chi connectivity index (χ2n) is 6.16. The number of halogens is 2. The maximum Gasteiger partial charge on any atom is 0.251 e. The van der Waals surface area contributed by atoms with Crippen LogP contribution in [0.2, 0.25) is 0 Å². The smallest absolute Gasteiger partial charge is 0.251 e. The molecule has 110 valence electrons. The molecule has 2 fully saturated rings. The van der Waals surface area contributed by atoms with Crippen molar-refractivity contribution in [2.75, 3.05) is 13.1 Å². The lowest BCUT2D eigenvalue weighted by atomic mass is 9.87. The van der Waals surface area contributed by atoms with Crippen LogP contribution in [-0.2, 0) is 6.54 Å². The first kappa shape index (κ1) is 14.0. The summed E-state index contributed by atoms with van der Waals surface area (Å²) in [6, 6.07) is 10.9. The molecule has 1 N–H and O–H groups in total. The molecule has 3 rings (SSSR count). The molecule has 0 spiro atoms. The van der Waals surface area contributed by atoms with Gasteiger partial charge in [0.15, 0.2) is 0 Å². The number of hydrogen-bond acceptors (Lipinski definition) is 2. The zero-order valence-corrected chi connectivity index (χ0v) is 11.7. The van der Waals surface area contributed by atoms with E-state index in [0.29, 0.717) is 6.04 Å². The van der Waals surface area contributed by atoms with Gasteiger partial charge < -0.3 is 5.32 Å². The van der Waals surface area contributed by atoms with Crippen LogP contribution in [0.3, 0.4) is 0 Å².